The van der Waals surface area contributed by atoms with Gasteiger partial charge in [0.15, 0.2) is 5.82 Å². The fraction of sp³-hybridized carbons (Fsp3) is 0.0330. The highest BCUT2D eigenvalue weighted by Crippen LogP contribution is 2.51. The van der Waals surface area contributed by atoms with Gasteiger partial charge in [-0.25, -0.2) is 19.9 Å². The van der Waals surface area contributed by atoms with Gasteiger partial charge >= 0.3 is 0 Å². The van der Waals surface area contributed by atoms with Crippen molar-refractivity contribution >= 4 is 65.4 Å². The number of nitrogens with zero attached hydrogens (tertiary/aromatic N) is 6. The van der Waals surface area contributed by atoms with Crippen LogP contribution in [0.5, 0.6) is 0 Å². The summed E-state index contributed by atoms with van der Waals surface area (Å²) in [6.07, 6.45) is 0. The van der Waals surface area contributed by atoms with E-state index in [9.17, 15) is 0 Å². The first-order chi connectivity index (χ1) is 47.9. The Bertz CT molecular complexity index is 6070. The van der Waals surface area contributed by atoms with Gasteiger partial charge < -0.3 is 4.57 Å². The molecule has 6 heteroatoms. The van der Waals surface area contributed by atoms with Gasteiger partial charge in [-0.1, -0.05) is 311 Å². The summed E-state index contributed by atoms with van der Waals surface area (Å²) in [6, 6.07) is 121. The van der Waals surface area contributed by atoms with Crippen LogP contribution in [0.4, 0.5) is 0 Å². The average Bonchev–Trinajstić information content (AvgIpc) is 1.59. The number of rotatable bonds is 9. The average molecular weight is 1240 g/mol. The van der Waals surface area contributed by atoms with Crippen molar-refractivity contribution in [3.05, 3.63) is 351 Å². The molecule has 0 saturated carbocycles. The van der Waals surface area contributed by atoms with E-state index in [2.05, 4.69) is 344 Å². The first-order valence-electron chi connectivity index (χ1n) is 33.2. The second-order valence-electron chi connectivity index (χ2n) is 25.6. The first-order valence-corrected chi connectivity index (χ1v) is 33.2. The molecule has 14 aromatic carbocycles. The van der Waals surface area contributed by atoms with Crippen LogP contribution in [-0.2, 0) is 5.41 Å². The van der Waals surface area contributed by atoms with Crippen LogP contribution in [-0.4, -0.2) is 29.1 Å². The monoisotopic (exact) mass is 1240 g/mol. The molecular formula is C91H62N6. The Labute approximate surface area is 562 Å². The van der Waals surface area contributed by atoms with Crippen LogP contribution in [0.2, 0.25) is 0 Å². The normalized spacial score (nSPS) is 12.3. The van der Waals surface area contributed by atoms with E-state index in [1.54, 1.807) is 0 Å². The number of hydrogen-bond acceptors (Lipinski definition) is 4. The highest BCUT2D eigenvalue weighted by atomic mass is 15.2. The smallest absolute Gasteiger partial charge is 0.235 e. The Hall–Kier alpha value is -12.6. The second-order valence-corrected chi connectivity index (χ2v) is 25.6. The van der Waals surface area contributed by atoms with E-state index in [1.165, 1.54) is 93.8 Å². The summed E-state index contributed by atoms with van der Waals surface area (Å²) in [7, 11) is 0. The molecule has 0 radical (unpaired) electrons. The van der Waals surface area contributed by atoms with Crippen molar-refractivity contribution in [2.75, 3.05) is 0 Å². The van der Waals surface area contributed by atoms with Crippen LogP contribution in [0.15, 0.2) is 340 Å². The zero-order chi connectivity index (χ0) is 64.6. The highest BCUT2D eigenvalue weighted by molar-refractivity contribution is 6.15. The molecule has 0 N–H and O–H groups in total. The fourth-order valence-corrected chi connectivity index (χ4v) is 15.0. The van der Waals surface area contributed by atoms with E-state index in [0.29, 0.717) is 11.8 Å². The van der Waals surface area contributed by atoms with Crippen molar-refractivity contribution in [1.29, 1.82) is 0 Å². The zero-order valence-electron chi connectivity index (χ0n) is 53.5. The molecule has 0 fully saturated rings. The molecule has 97 heavy (non-hydrogen) atoms. The van der Waals surface area contributed by atoms with E-state index in [1.807, 2.05) is 18.2 Å². The predicted molar refractivity (Wildman–Crippen MR) is 403 cm³/mol. The quantitative estimate of drug-likeness (QED) is 0.144. The Kier molecular flexibility index (Phi) is 13.8. The molecule has 0 aliphatic heterocycles. The molecule has 6 nitrogen and oxygen atoms in total. The molecule has 19 rings (SSSR count). The van der Waals surface area contributed by atoms with E-state index in [0.717, 1.165) is 72.1 Å². The van der Waals surface area contributed by atoms with Crippen molar-refractivity contribution in [2.24, 2.45) is 0 Å². The lowest BCUT2D eigenvalue weighted by Crippen LogP contribution is -2.14. The van der Waals surface area contributed by atoms with Crippen LogP contribution >= 0.6 is 0 Å². The van der Waals surface area contributed by atoms with Gasteiger partial charge in [0.1, 0.15) is 0 Å². The van der Waals surface area contributed by atoms with Crippen molar-refractivity contribution in [1.82, 2.24) is 29.1 Å². The minimum Gasteiger partial charge on any atom is -0.309 e. The maximum Gasteiger partial charge on any atom is 0.235 e. The lowest BCUT2D eigenvalue weighted by Gasteiger charge is -2.22. The molecule has 18 aromatic rings. The number of aromatic nitrogens is 6. The van der Waals surface area contributed by atoms with Gasteiger partial charge in [0.25, 0.3) is 0 Å². The first kappa shape index (κ1) is 57.1. The number of hydrogen-bond donors (Lipinski definition) is 0. The Morgan fingerprint density at radius 2 is 0.660 bits per heavy atom. The van der Waals surface area contributed by atoms with Crippen LogP contribution in [0.25, 0.3) is 167 Å². The molecule has 1 aliphatic carbocycles. The highest BCUT2D eigenvalue weighted by Gasteiger charge is 2.35. The van der Waals surface area contributed by atoms with Crippen LogP contribution < -0.4 is 0 Å². The van der Waals surface area contributed by atoms with Crippen LogP contribution in [0.1, 0.15) is 25.0 Å². The summed E-state index contributed by atoms with van der Waals surface area (Å²) >= 11 is 0. The standard InChI is InChI=1S/C50H33N3.C41H29N3/c1-3-13-34(14-4-1)36-25-29-38(30-26-36)42-21-12-22-44-43-19-8-10-24-47(43)53(49(42)44)41-18-11-17-40(33-41)50-51-46-23-9-7-20-45(46)48(52-50)39-31-27-37(28-32-39)35-15-5-2-6-16-35;1-41(2)34-20-9-6-15-29(34)30-24-23-27(25-35(30)41)28-18-12-19-32-31-16-8-11-22-37(31)44(39(28)32)40-42-36-21-10-7-17-33(36)38(43-40)26-13-4-3-5-14-26/h1-33H;3-25H,1-2H3. The van der Waals surface area contributed by atoms with Gasteiger partial charge in [-0.3, -0.25) is 4.57 Å². The third kappa shape index (κ3) is 9.79. The number of fused-ring (bicyclic) bond motifs is 11. The molecule has 4 aromatic heterocycles. The molecule has 4 heterocycles. The Balaban J connectivity index is 0.000000143. The molecule has 0 spiro atoms. The Morgan fingerprint density at radius 1 is 0.247 bits per heavy atom. The summed E-state index contributed by atoms with van der Waals surface area (Å²) in [6.45, 7) is 4.68. The van der Waals surface area contributed by atoms with E-state index >= 15 is 0 Å². The zero-order valence-corrected chi connectivity index (χ0v) is 53.5. The molecular weight excluding hydrogens is 1180 g/mol. The minimum atomic E-state index is -0.0748. The van der Waals surface area contributed by atoms with E-state index in [-0.39, 0.29) is 5.41 Å². The summed E-state index contributed by atoms with van der Waals surface area (Å²) in [5, 5.41) is 6.90. The topological polar surface area (TPSA) is 61.4 Å². The van der Waals surface area contributed by atoms with Gasteiger partial charge in [0.2, 0.25) is 5.95 Å². The van der Waals surface area contributed by atoms with Crippen molar-refractivity contribution in [3.8, 4) is 101 Å². The Morgan fingerprint density at radius 3 is 1.30 bits per heavy atom. The van der Waals surface area contributed by atoms with E-state index in [4.69, 9.17) is 19.9 Å². The third-order valence-electron chi connectivity index (χ3n) is 19.7. The number of benzene rings is 14. The third-order valence-corrected chi connectivity index (χ3v) is 19.7. The van der Waals surface area contributed by atoms with Crippen molar-refractivity contribution in [3.63, 3.8) is 0 Å². The summed E-state index contributed by atoms with van der Waals surface area (Å²) < 4.78 is 4.67. The SMILES string of the molecule is CC1(C)c2ccccc2-c2ccc(-c3cccc4c5ccccc5n(-c5nc(-c6ccccc6)c6ccccc6n5)c34)cc21.c1ccc(-c2ccc(-c3nc(-c4cccc(-n5c6ccccc6c6cccc(-c7ccc(-c8ccccc8)cc7)c65)c4)nc4ccccc34)cc2)cc1. The summed E-state index contributed by atoms with van der Waals surface area (Å²) in [5.41, 5.74) is 27.3. The van der Waals surface area contributed by atoms with Gasteiger partial charge in [-0.15, -0.1) is 0 Å². The minimum absolute atomic E-state index is 0.0748. The predicted octanol–water partition coefficient (Wildman–Crippen LogP) is 23.4. The lowest BCUT2D eigenvalue weighted by atomic mass is 9.81. The second kappa shape index (κ2) is 23.4. The molecule has 0 atom stereocenters. The number of para-hydroxylation sites is 6. The van der Waals surface area contributed by atoms with Crippen LogP contribution in [0.3, 0.4) is 0 Å². The van der Waals surface area contributed by atoms with E-state index < -0.39 is 0 Å². The maximum atomic E-state index is 5.31. The molecule has 1 aliphatic rings. The molecule has 456 valence electrons. The van der Waals surface area contributed by atoms with Crippen LogP contribution in [0, 0.1) is 0 Å². The van der Waals surface area contributed by atoms with Gasteiger partial charge in [0.05, 0.1) is 44.5 Å². The molecule has 0 unspecified atom stereocenters. The van der Waals surface area contributed by atoms with Gasteiger partial charge in [-0.05, 0) is 98.1 Å². The largest absolute Gasteiger partial charge is 0.309 e. The van der Waals surface area contributed by atoms with Crippen molar-refractivity contribution in [2.45, 2.75) is 19.3 Å². The maximum absolute atomic E-state index is 5.31. The lowest BCUT2D eigenvalue weighted by molar-refractivity contribution is 0.660. The molecule has 0 bridgehead atoms. The fourth-order valence-electron chi connectivity index (χ4n) is 15.0. The molecule has 0 saturated heterocycles. The molecule has 0 amide bonds. The van der Waals surface area contributed by atoms with Gasteiger partial charge in [0, 0.05) is 71.2 Å². The van der Waals surface area contributed by atoms with Gasteiger partial charge in [-0.2, -0.15) is 0 Å². The summed E-state index contributed by atoms with van der Waals surface area (Å²) in [4.78, 5) is 20.9. The summed E-state index contributed by atoms with van der Waals surface area (Å²) in [5.74, 6) is 1.38. The van der Waals surface area contributed by atoms with Crippen molar-refractivity contribution < 1.29 is 0 Å².